The van der Waals surface area contributed by atoms with Crippen molar-refractivity contribution in [1.82, 2.24) is 30.8 Å². The average Bonchev–Trinajstić information content (AvgIpc) is 3.59. The molecule has 0 unspecified atom stereocenters. The van der Waals surface area contributed by atoms with Crippen LogP contribution in [0.25, 0.3) is 0 Å². The zero-order valence-electron chi connectivity index (χ0n) is 29.9. The van der Waals surface area contributed by atoms with Gasteiger partial charge in [-0.2, -0.15) is 0 Å². The molecule has 4 aromatic rings. The molecule has 3 N–H and O–H groups in total. The van der Waals surface area contributed by atoms with Crippen molar-refractivity contribution in [1.29, 1.82) is 0 Å². The molecule has 272 valence electrons. The molecule has 0 aliphatic heterocycles. The van der Waals surface area contributed by atoms with Gasteiger partial charge in [0.05, 0.1) is 27.6 Å². The van der Waals surface area contributed by atoms with Gasteiger partial charge in [0.1, 0.15) is 12.6 Å². The van der Waals surface area contributed by atoms with E-state index >= 15 is 0 Å². The molecule has 1 aliphatic carbocycles. The van der Waals surface area contributed by atoms with E-state index in [1.54, 1.807) is 23.0 Å². The van der Waals surface area contributed by atoms with Crippen LogP contribution in [0.4, 0.5) is 9.59 Å². The first-order valence-corrected chi connectivity index (χ1v) is 19.6. The van der Waals surface area contributed by atoms with Crippen LogP contribution in [0.3, 0.4) is 0 Å². The van der Waals surface area contributed by atoms with Crippen LogP contribution in [-0.2, 0) is 35.5 Å². The van der Waals surface area contributed by atoms with Crippen molar-refractivity contribution in [3.63, 3.8) is 0 Å². The number of nitrogens with one attached hydrogen (secondary N) is 3. The fourth-order valence-electron chi connectivity index (χ4n) is 5.94. The van der Waals surface area contributed by atoms with E-state index in [4.69, 9.17) is 9.72 Å². The van der Waals surface area contributed by atoms with Crippen LogP contribution in [-0.4, -0.2) is 57.1 Å². The average molecular weight is 731 g/mol. The fourth-order valence-corrected chi connectivity index (χ4v) is 7.27. The second-order valence-corrected chi connectivity index (χ2v) is 15.8. The van der Waals surface area contributed by atoms with Crippen molar-refractivity contribution >= 4 is 40.7 Å². The van der Waals surface area contributed by atoms with Crippen molar-refractivity contribution < 1.29 is 19.1 Å². The van der Waals surface area contributed by atoms with Gasteiger partial charge in [-0.3, -0.25) is 9.78 Å². The summed E-state index contributed by atoms with van der Waals surface area (Å²) < 4.78 is 5.51. The highest BCUT2D eigenvalue weighted by Crippen LogP contribution is 2.29. The predicted octanol–water partition coefficient (Wildman–Crippen LogP) is 7.47. The second-order valence-electron chi connectivity index (χ2n) is 13.9. The highest BCUT2D eigenvalue weighted by atomic mass is 32.1. The van der Waals surface area contributed by atoms with Gasteiger partial charge in [-0.05, 0) is 55.6 Å². The summed E-state index contributed by atoms with van der Waals surface area (Å²) in [5.74, 6) is -0.0282. The Bertz CT molecular complexity index is 1660. The normalized spacial score (nSPS) is 14.5. The molecule has 0 radical (unpaired) electrons. The summed E-state index contributed by atoms with van der Waals surface area (Å²) in [6, 6.07) is 18.8. The van der Waals surface area contributed by atoms with Gasteiger partial charge < -0.3 is 25.6 Å². The lowest BCUT2D eigenvalue weighted by atomic mass is 9.95. The van der Waals surface area contributed by atoms with Crippen molar-refractivity contribution in [2.75, 3.05) is 0 Å². The molecule has 1 aliphatic rings. The first-order valence-electron chi connectivity index (χ1n) is 17.8. The number of alkyl carbamates (subject to hydrolysis) is 1. The third kappa shape index (κ3) is 12.2. The molecule has 0 saturated heterocycles. The molecule has 1 saturated carbocycles. The van der Waals surface area contributed by atoms with Crippen LogP contribution < -0.4 is 16.0 Å². The minimum atomic E-state index is -0.723. The lowest BCUT2D eigenvalue weighted by molar-refractivity contribution is -0.124. The molecule has 51 heavy (non-hydrogen) atoms. The molecule has 3 atom stereocenters. The van der Waals surface area contributed by atoms with Crippen LogP contribution in [0.5, 0.6) is 0 Å². The molecule has 4 amide bonds. The Hall–Kier alpha value is -4.29. The van der Waals surface area contributed by atoms with Crippen molar-refractivity contribution in [3.8, 4) is 0 Å². The molecule has 2 heterocycles. The van der Waals surface area contributed by atoms with Crippen LogP contribution in [0.2, 0.25) is 0 Å². The molecule has 2 aromatic carbocycles. The summed E-state index contributed by atoms with van der Waals surface area (Å²) >= 11 is 3.06. The molecule has 5 rings (SSSR count). The quantitative estimate of drug-likeness (QED) is 0.0976. The van der Waals surface area contributed by atoms with E-state index < -0.39 is 12.1 Å². The molecule has 12 heteroatoms. The summed E-state index contributed by atoms with van der Waals surface area (Å²) in [5, 5.41) is 12.5. The number of hydrogen-bond donors (Lipinski definition) is 3. The third-order valence-corrected chi connectivity index (χ3v) is 10.8. The summed E-state index contributed by atoms with van der Waals surface area (Å²) in [6.07, 6.45) is 5.51. The monoisotopic (exact) mass is 730 g/mol. The lowest BCUT2D eigenvalue weighted by Gasteiger charge is -2.29. The van der Waals surface area contributed by atoms with Crippen molar-refractivity contribution in [2.45, 2.75) is 109 Å². The van der Waals surface area contributed by atoms with Crippen molar-refractivity contribution in [2.24, 2.45) is 5.92 Å². The van der Waals surface area contributed by atoms with Crippen molar-refractivity contribution in [3.05, 3.63) is 104 Å². The molecular weight excluding hydrogens is 681 g/mol. The number of rotatable bonds is 18. The lowest BCUT2D eigenvalue weighted by Crippen LogP contribution is -2.55. The number of aromatic nitrogens is 2. The highest BCUT2D eigenvalue weighted by molar-refractivity contribution is 7.09. The second kappa shape index (κ2) is 18.8. The molecule has 0 bridgehead atoms. The molecule has 0 spiro atoms. The number of benzene rings is 2. The first-order chi connectivity index (χ1) is 24.6. The Morgan fingerprint density at radius 2 is 1.49 bits per heavy atom. The van der Waals surface area contributed by atoms with Crippen LogP contribution in [0.15, 0.2) is 77.8 Å². The van der Waals surface area contributed by atoms with Crippen LogP contribution in [0, 0.1) is 5.92 Å². The van der Waals surface area contributed by atoms with E-state index in [9.17, 15) is 14.4 Å². The van der Waals surface area contributed by atoms with Crippen LogP contribution >= 0.6 is 22.7 Å². The van der Waals surface area contributed by atoms with E-state index in [1.165, 1.54) is 11.3 Å². The van der Waals surface area contributed by atoms with Gasteiger partial charge in [0.15, 0.2) is 0 Å². The number of amides is 4. The number of hydrogen-bond acceptors (Lipinski definition) is 8. The Morgan fingerprint density at radius 3 is 2.02 bits per heavy atom. The van der Waals surface area contributed by atoms with E-state index in [-0.39, 0.29) is 42.6 Å². The van der Waals surface area contributed by atoms with E-state index in [0.717, 1.165) is 39.5 Å². The van der Waals surface area contributed by atoms with E-state index in [1.807, 2.05) is 84.8 Å². The Balaban J connectivity index is 1.26. The van der Waals surface area contributed by atoms with Gasteiger partial charge in [0.25, 0.3) is 0 Å². The fraction of sp³-hybridized carbons (Fsp3) is 0.462. The first kappa shape index (κ1) is 38.0. The zero-order chi connectivity index (χ0) is 36.2. The van der Waals surface area contributed by atoms with E-state index in [0.29, 0.717) is 38.1 Å². The topological polar surface area (TPSA) is 126 Å². The van der Waals surface area contributed by atoms with Crippen LogP contribution in [0.1, 0.15) is 86.0 Å². The number of thiazole rings is 2. The van der Waals surface area contributed by atoms with Gasteiger partial charge >= 0.3 is 12.1 Å². The number of urea groups is 1. The van der Waals surface area contributed by atoms with E-state index in [2.05, 4.69) is 34.8 Å². The number of carbonyl (C=O) groups excluding carboxylic acids is 3. The Labute approximate surface area is 309 Å². The summed E-state index contributed by atoms with van der Waals surface area (Å²) in [5.41, 5.74) is 4.77. The zero-order valence-corrected chi connectivity index (χ0v) is 31.6. The largest absolute Gasteiger partial charge is 0.444 e. The summed E-state index contributed by atoms with van der Waals surface area (Å²) in [7, 11) is 0. The SMILES string of the molecule is CC(C)c1nc(CN(C(=O)N[C@H](C(=O)N[C@H](CC[C@H](Cc2ccccc2)NC(=O)OCc2cncs2)Cc2ccccc2)C(C)C)C2CC2)cs1. The van der Waals surface area contributed by atoms with Gasteiger partial charge in [0, 0.05) is 35.6 Å². The molecular formula is C39H50N6O4S2. The number of nitrogens with zero attached hydrogens (tertiary/aromatic N) is 3. The molecule has 1 fully saturated rings. The molecule has 10 nitrogen and oxygen atoms in total. The van der Waals surface area contributed by atoms with Gasteiger partial charge in [-0.15, -0.1) is 22.7 Å². The Kier molecular flexibility index (Phi) is 14.0. The maximum Gasteiger partial charge on any atom is 0.407 e. The third-order valence-electron chi connectivity index (χ3n) is 8.88. The summed E-state index contributed by atoms with van der Waals surface area (Å²) in [6.45, 7) is 8.71. The minimum Gasteiger partial charge on any atom is -0.444 e. The number of ether oxygens (including phenoxy) is 1. The maximum atomic E-state index is 14.0. The minimum absolute atomic E-state index is 0.139. The van der Waals surface area contributed by atoms with Gasteiger partial charge in [-0.1, -0.05) is 88.4 Å². The smallest absolute Gasteiger partial charge is 0.407 e. The highest BCUT2D eigenvalue weighted by Gasteiger charge is 2.36. The van der Waals surface area contributed by atoms with Gasteiger partial charge in [-0.25, -0.2) is 14.6 Å². The maximum absolute atomic E-state index is 14.0. The van der Waals surface area contributed by atoms with Gasteiger partial charge in [0.2, 0.25) is 5.91 Å². The standard InChI is InChI=1S/C39H50N6O4S2/c1-26(2)35(44-38(47)45(33-17-18-33)22-32-24-50-37(42-32)27(3)4)36(46)41-30(19-28-11-7-5-8-12-28)15-16-31(20-29-13-9-6-10-14-29)43-39(48)49-23-34-21-40-25-51-34/h5-14,21,24-27,30-31,33,35H,15-20,22-23H2,1-4H3,(H,41,46)(H,43,48)(H,44,47)/t30-,31-,35+/m1/s1. The Morgan fingerprint density at radius 1 is 0.863 bits per heavy atom. The predicted molar refractivity (Wildman–Crippen MR) is 203 cm³/mol. The molecule has 2 aromatic heterocycles. The summed E-state index contributed by atoms with van der Waals surface area (Å²) in [4.78, 5) is 52.2. The number of carbonyl (C=O) groups is 3.